The fourth-order valence-corrected chi connectivity index (χ4v) is 3.40. The second-order valence-electron chi connectivity index (χ2n) is 6.71. The van der Waals surface area contributed by atoms with Gasteiger partial charge in [0.15, 0.2) is 0 Å². The van der Waals surface area contributed by atoms with Crippen LogP contribution in [0, 0.1) is 5.82 Å². The first-order valence-electron chi connectivity index (χ1n) is 8.73. The summed E-state index contributed by atoms with van der Waals surface area (Å²) < 4.78 is 16.2. The van der Waals surface area contributed by atoms with E-state index >= 15 is 0 Å². The number of nitrogens with zero attached hydrogens (tertiary/aromatic N) is 3. The molecule has 2 aliphatic rings. The van der Waals surface area contributed by atoms with Gasteiger partial charge in [-0.05, 0) is 37.5 Å². The summed E-state index contributed by atoms with van der Waals surface area (Å²) in [5, 5.41) is 10.5. The number of nitrogens with one attached hydrogen (secondary N) is 2. The summed E-state index contributed by atoms with van der Waals surface area (Å²) >= 11 is 0. The molecule has 132 valence electrons. The number of rotatable bonds is 5. The Labute approximate surface area is 146 Å². The number of aryl methyl sites for hydroxylation is 1. The van der Waals surface area contributed by atoms with Crippen molar-refractivity contribution in [3.8, 4) is 0 Å². The zero-order valence-electron chi connectivity index (χ0n) is 14.3. The maximum Gasteiger partial charge on any atom is 0.321 e. The monoisotopic (exact) mass is 343 g/mol. The molecule has 2 heterocycles. The fourth-order valence-electron chi connectivity index (χ4n) is 3.40. The lowest BCUT2D eigenvalue weighted by molar-refractivity contribution is 0.242. The van der Waals surface area contributed by atoms with E-state index in [1.807, 2.05) is 17.9 Å². The van der Waals surface area contributed by atoms with Crippen molar-refractivity contribution in [3.05, 3.63) is 41.5 Å². The van der Waals surface area contributed by atoms with E-state index in [4.69, 9.17) is 0 Å². The Hall–Kier alpha value is -2.57. The lowest BCUT2D eigenvalue weighted by Crippen LogP contribution is -2.46. The van der Waals surface area contributed by atoms with E-state index in [0.717, 1.165) is 12.1 Å². The molecule has 4 rings (SSSR count). The van der Waals surface area contributed by atoms with Gasteiger partial charge in [0, 0.05) is 49.5 Å². The minimum atomic E-state index is -0.386. The molecule has 0 spiro atoms. The molecule has 2 fully saturated rings. The van der Waals surface area contributed by atoms with Crippen molar-refractivity contribution in [1.29, 1.82) is 0 Å². The Morgan fingerprint density at radius 1 is 1.40 bits per heavy atom. The first-order valence-corrected chi connectivity index (χ1v) is 8.73. The van der Waals surface area contributed by atoms with Crippen molar-refractivity contribution in [2.45, 2.75) is 31.7 Å². The highest BCUT2D eigenvalue weighted by Gasteiger charge is 2.29. The van der Waals surface area contributed by atoms with Gasteiger partial charge in [0.25, 0.3) is 0 Å². The molecule has 2 aromatic rings. The third-order valence-electron chi connectivity index (χ3n) is 4.83. The van der Waals surface area contributed by atoms with Gasteiger partial charge < -0.3 is 10.6 Å². The number of urea groups is 1. The molecule has 25 heavy (non-hydrogen) atoms. The number of halogens is 1. The summed E-state index contributed by atoms with van der Waals surface area (Å²) in [6.07, 6.45) is 5.14. The van der Waals surface area contributed by atoms with Crippen LogP contribution in [0.5, 0.6) is 0 Å². The Morgan fingerprint density at radius 3 is 3.00 bits per heavy atom. The number of anilines is 2. The number of benzene rings is 1. The van der Waals surface area contributed by atoms with Gasteiger partial charge in [-0.2, -0.15) is 5.10 Å². The Balaban J connectivity index is 1.51. The van der Waals surface area contributed by atoms with E-state index in [1.165, 1.54) is 35.1 Å². The smallest absolute Gasteiger partial charge is 0.321 e. The van der Waals surface area contributed by atoms with Crippen LogP contribution < -0.4 is 15.5 Å². The molecular weight excluding hydrogens is 321 g/mol. The zero-order chi connectivity index (χ0) is 17.4. The van der Waals surface area contributed by atoms with Gasteiger partial charge in [0.05, 0.1) is 11.9 Å². The normalized spacial score (nSPS) is 17.5. The van der Waals surface area contributed by atoms with Crippen molar-refractivity contribution < 1.29 is 9.18 Å². The van der Waals surface area contributed by atoms with Crippen LogP contribution in [-0.2, 0) is 13.6 Å². The number of hydrogen-bond donors (Lipinski definition) is 2. The summed E-state index contributed by atoms with van der Waals surface area (Å²) in [4.78, 5) is 13.4. The number of amides is 2. The molecular formula is C18H22FN5O. The second kappa shape index (κ2) is 6.38. The van der Waals surface area contributed by atoms with Crippen molar-refractivity contribution in [2.75, 3.05) is 23.3 Å². The molecule has 7 heteroatoms. The summed E-state index contributed by atoms with van der Waals surface area (Å²) in [6.45, 7) is 1.80. The van der Waals surface area contributed by atoms with E-state index in [-0.39, 0.29) is 11.8 Å². The first-order chi connectivity index (χ1) is 12.1. The number of hydrogen-bond acceptors (Lipinski definition) is 3. The molecule has 0 radical (unpaired) electrons. The third kappa shape index (κ3) is 3.18. The van der Waals surface area contributed by atoms with Gasteiger partial charge in [-0.25, -0.2) is 9.18 Å². The van der Waals surface area contributed by atoms with Gasteiger partial charge in [0.1, 0.15) is 5.82 Å². The molecule has 2 N–H and O–H groups in total. The van der Waals surface area contributed by atoms with Crippen molar-refractivity contribution in [3.63, 3.8) is 0 Å². The van der Waals surface area contributed by atoms with Gasteiger partial charge in [-0.3, -0.25) is 9.58 Å². The largest absolute Gasteiger partial charge is 0.381 e. The average Bonchev–Trinajstić information content (AvgIpc) is 3.38. The Morgan fingerprint density at radius 2 is 2.24 bits per heavy atom. The summed E-state index contributed by atoms with van der Waals surface area (Å²) in [5.74, 6) is 0.229. The molecule has 6 nitrogen and oxygen atoms in total. The minimum absolute atomic E-state index is 0.245. The van der Waals surface area contributed by atoms with Crippen LogP contribution >= 0.6 is 0 Å². The maximum atomic E-state index is 14.2. The molecule has 1 saturated heterocycles. The third-order valence-corrected chi connectivity index (χ3v) is 4.83. The highest BCUT2D eigenvalue weighted by molar-refractivity contribution is 5.93. The van der Waals surface area contributed by atoms with E-state index in [1.54, 1.807) is 12.1 Å². The number of aromatic nitrogens is 2. The Kier molecular flexibility index (Phi) is 4.07. The molecule has 2 amide bonds. The highest BCUT2D eigenvalue weighted by atomic mass is 19.1. The second-order valence-corrected chi connectivity index (χ2v) is 6.71. The average molecular weight is 343 g/mol. The summed E-state index contributed by atoms with van der Waals surface area (Å²) in [5.41, 5.74) is 3.56. The van der Waals surface area contributed by atoms with Crippen LogP contribution in [0.15, 0.2) is 24.4 Å². The molecule has 0 atom stereocenters. The minimum Gasteiger partial charge on any atom is -0.381 e. The van der Waals surface area contributed by atoms with Crippen LogP contribution in [0.4, 0.5) is 20.6 Å². The van der Waals surface area contributed by atoms with Gasteiger partial charge in [-0.1, -0.05) is 0 Å². The SMILES string of the molecule is Cn1ncc(CNc2ccc(F)c(N3CCCNC3=O)c2)c1C1CC1. The lowest BCUT2D eigenvalue weighted by atomic mass is 10.1. The fraction of sp³-hybridized carbons (Fsp3) is 0.444. The van der Waals surface area contributed by atoms with Gasteiger partial charge in [0.2, 0.25) is 0 Å². The standard InChI is InChI=1S/C18H22FN5O/c1-23-17(12-3-4-12)13(11-22-23)10-21-14-5-6-15(19)16(9-14)24-8-2-7-20-18(24)25/h5-6,9,11-12,21H,2-4,7-8,10H2,1H3,(H,20,25). The van der Waals surface area contributed by atoms with E-state index in [0.29, 0.717) is 31.2 Å². The first kappa shape index (κ1) is 15.9. The summed E-state index contributed by atoms with van der Waals surface area (Å²) in [7, 11) is 1.97. The topological polar surface area (TPSA) is 62.2 Å². The van der Waals surface area contributed by atoms with E-state index in [9.17, 15) is 9.18 Å². The van der Waals surface area contributed by atoms with E-state index in [2.05, 4.69) is 15.7 Å². The molecule has 1 aromatic carbocycles. The molecule has 1 aliphatic carbocycles. The van der Waals surface area contributed by atoms with Crippen molar-refractivity contribution in [1.82, 2.24) is 15.1 Å². The Bertz CT molecular complexity index is 799. The molecule has 0 bridgehead atoms. The van der Waals surface area contributed by atoms with Crippen molar-refractivity contribution >= 4 is 17.4 Å². The molecule has 1 aromatic heterocycles. The predicted octanol–water partition coefficient (Wildman–Crippen LogP) is 2.97. The number of carbonyl (C=O) groups is 1. The molecule has 1 aliphatic heterocycles. The summed E-state index contributed by atoms with van der Waals surface area (Å²) in [6, 6.07) is 4.57. The number of carbonyl (C=O) groups excluding carboxylic acids is 1. The van der Waals surface area contributed by atoms with Crippen molar-refractivity contribution in [2.24, 2.45) is 7.05 Å². The van der Waals surface area contributed by atoms with E-state index < -0.39 is 0 Å². The van der Waals surface area contributed by atoms with Crippen LogP contribution in [0.2, 0.25) is 0 Å². The van der Waals surface area contributed by atoms with Gasteiger partial charge >= 0.3 is 6.03 Å². The van der Waals surface area contributed by atoms with Crippen LogP contribution in [0.3, 0.4) is 0 Å². The van der Waals surface area contributed by atoms with Crippen LogP contribution in [0.1, 0.15) is 36.4 Å². The zero-order valence-corrected chi connectivity index (χ0v) is 14.3. The van der Waals surface area contributed by atoms with Gasteiger partial charge in [-0.15, -0.1) is 0 Å². The molecule has 0 unspecified atom stereocenters. The highest BCUT2D eigenvalue weighted by Crippen LogP contribution is 2.41. The molecule has 1 saturated carbocycles. The lowest BCUT2D eigenvalue weighted by Gasteiger charge is -2.28. The van der Waals surface area contributed by atoms with Crippen LogP contribution in [0.25, 0.3) is 0 Å². The maximum absolute atomic E-state index is 14.2. The quantitative estimate of drug-likeness (QED) is 0.877. The predicted molar refractivity (Wildman–Crippen MR) is 94.3 cm³/mol. The van der Waals surface area contributed by atoms with Crippen LogP contribution in [-0.4, -0.2) is 28.9 Å².